The third-order valence-corrected chi connectivity index (χ3v) is 5.18. The molecule has 3 aromatic carbocycles. The van der Waals surface area contributed by atoms with E-state index in [1.165, 1.54) is 0 Å². The molecule has 0 radical (unpaired) electrons. The van der Waals surface area contributed by atoms with Crippen molar-refractivity contribution in [3.8, 4) is 22.4 Å². The van der Waals surface area contributed by atoms with Crippen LogP contribution in [0.25, 0.3) is 44.3 Å². The quantitative estimate of drug-likeness (QED) is 0.311. The molecule has 0 spiro atoms. The fraction of sp³-hybridized carbons (Fsp3) is 0.179. The van der Waals surface area contributed by atoms with E-state index < -0.39 is 11.8 Å². The topological polar surface area (TPSA) is 26.0 Å². The number of furan rings is 1. The van der Waals surface area contributed by atoms with Crippen molar-refractivity contribution >= 4 is 21.9 Å². The Morgan fingerprint density at radius 3 is 2.27 bits per heavy atom. The van der Waals surface area contributed by atoms with Gasteiger partial charge in [-0.2, -0.15) is 0 Å². The number of para-hydroxylation sites is 2. The van der Waals surface area contributed by atoms with Crippen molar-refractivity contribution in [2.24, 2.45) is 5.41 Å². The van der Waals surface area contributed by atoms with E-state index in [-0.39, 0.29) is 0 Å². The van der Waals surface area contributed by atoms with Crippen LogP contribution in [0.5, 0.6) is 0 Å². The number of pyridine rings is 1. The van der Waals surface area contributed by atoms with E-state index in [9.17, 15) is 0 Å². The number of aromatic nitrogens is 1. The lowest BCUT2D eigenvalue weighted by Gasteiger charge is -2.18. The van der Waals surface area contributed by atoms with Crippen LogP contribution in [-0.4, -0.2) is 4.98 Å². The van der Waals surface area contributed by atoms with E-state index in [0.717, 1.165) is 44.3 Å². The average molecular weight is 394 g/mol. The second-order valence-corrected chi connectivity index (χ2v) is 8.66. The highest BCUT2D eigenvalue weighted by Gasteiger charge is 2.13. The van der Waals surface area contributed by atoms with Crippen LogP contribution in [0.2, 0.25) is 0 Å². The van der Waals surface area contributed by atoms with Crippen LogP contribution in [0.3, 0.4) is 0 Å². The smallest absolute Gasteiger partial charge is 0.144 e. The molecule has 0 unspecified atom stereocenters. The van der Waals surface area contributed by atoms with Crippen molar-refractivity contribution in [1.82, 2.24) is 4.98 Å². The predicted molar refractivity (Wildman–Crippen MR) is 126 cm³/mol. The van der Waals surface area contributed by atoms with Gasteiger partial charge >= 0.3 is 0 Å². The summed E-state index contributed by atoms with van der Waals surface area (Å²) >= 11 is 0. The highest BCUT2D eigenvalue weighted by atomic mass is 16.3. The molecule has 0 bridgehead atoms. The lowest BCUT2D eigenvalue weighted by Crippen LogP contribution is -2.08. The van der Waals surface area contributed by atoms with Gasteiger partial charge in [-0.25, -0.2) is 0 Å². The van der Waals surface area contributed by atoms with Gasteiger partial charge in [-0.1, -0.05) is 81.4 Å². The van der Waals surface area contributed by atoms with Gasteiger partial charge in [0, 0.05) is 30.8 Å². The van der Waals surface area contributed by atoms with Crippen molar-refractivity contribution in [2.45, 2.75) is 27.1 Å². The Morgan fingerprint density at radius 2 is 1.53 bits per heavy atom. The summed E-state index contributed by atoms with van der Waals surface area (Å²) < 4.78 is 23.1. The van der Waals surface area contributed by atoms with Crippen molar-refractivity contribution < 1.29 is 7.16 Å². The van der Waals surface area contributed by atoms with Gasteiger partial charge < -0.3 is 4.42 Å². The van der Waals surface area contributed by atoms with Crippen LogP contribution in [0.1, 0.15) is 29.1 Å². The molecule has 30 heavy (non-hydrogen) atoms. The van der Waals surface area contributed by atoms with Crippen molar-refractivity contribution in [2.75, 3.05) is 0 Å². The molecule has 0 amide bonds. The monoisotopic (exact) mass is 393 g/mol. The fourth-order valence-electron chi connectivity index (χ4n) is 3.85. The molecule has 0 saturated carbocycles. The van der Waals surface area contributed by atoms with Gasteiger partial charge in [0.15, 0.2) is 0 Å². The van der Waals surface area contributed by atoms with Gasteiger partial charge in [0.05, 0.1) is 5.69 Å². The molecule has 5 rings (SSSR count). The Balaban J connectivity index is 1.49. The number of hydrogen-bond acceptors (Lipinski definition) is 2. The van der Waals surface area contributed by atoms with Crippen molar-refractivity contribution in [3.63, 3.8) is 0 Å². The van der Waals surface area contributed by atoms with Crippen LogP contribution in [0.4, 0.5) is 0 Å². The van der Waals surface area contributed by atoms with E-state index in [4.69, 9.17) is 12.1 Å². The third kappa shape index (κ3) is 3.50. The molecule has 0 aliphatic heterocycles. The maximum atomic E-state index is 8.47. The third-order valence-electron chi connectivity index (χ3n) is 5.18. The van der Waals surface area contributed by atoms with E-state index in [1.54, 1.807) is 0 Å². The summed E-state index contributed by atoms with van der Waals surface area (Å²) in [5, 5.41) is 2.20. The number of nitrogens with zero attached hydrogens (tertiary/aromatic N) is 1. The molecule has 2 aromatic heterocycles. The van der Waals surface area contributed by atoms with Gasteiger partial charge in [0.25, 0.3) is 0 Å². The van der Waals surface area contributed by atoms with Gasteiger partial charge in [-0.15, -0.1) is 0 Å². The number of benzene rings is 3. The van der Waals surface area contributed by atoms with Crippen LogP contribution in [0.15, 0.2) is 89.5 Å². The van der Waals surface area contributed by atoms with Gasteiger partial charge in [-0.05, 0) is 41.1 Å². The number of fused-ring (bicyclic) bond motifs is 3. The second-order valence-electron chi connectivity index (χ2n) is 8.66. The maximum Gasteiger partial charge on any atom is 0.144 e. The molecular formula is C28H25NO. The highest BCUT2D eigenvalue weighted by molar-refractivity contribution is 6.09. The van der Waals surface area contributed by atoms with Gasteiger partial charge in [-0.3, -0.25) is 4.98 Å². The summed E-state index contributed by atoms with van der Waals surface area (Å²) in [6, 6.07) is 26.0. The number of rotatable bonds is 3. The van der Waals surface area contributed by atoms with E-state index in [0.29, 0.717) is 5.56 Å². The summed E-state index contributed by atoms with van der Waals surface area (Å²) in [5.41, 5.74) is 5.78. The largest absolute Gasteiger partial charge is 0.455 e. The molecule has 0 saturated heterocycles. The minimum atomic E-state index is -1.40. The molecule has 0 aliphatic carbocycles. The van der Waals surface area contributed by atoms with Crippen LogP contribution in [0, 0.1) is 5.41 Å². The first kappa shape index (κ1) is 16.4. The zero-order valence-electron chi connectivity index (χ0n) is 19.4. The van der Waals surface area contributed by atoms with Crippen LogP contribution < -0.4 is 0 Å². The Morgan fingerprint density at radius 1 is 0.800 bits per heavy atom. The molecule has 2 nitrogen and oxygen atoms in total. The normalized spacial score (nSPS) is 13.4. The summed E-state index contributed by atoms with van der Waals surface area (Å²) in [5.74, 6) is 0. The minimum absolute atomic E-state index is 0.477. The van der Waals surface area contributed by atoms with E-state index in [1.807, 2.05) is 87.6 Å². The van der Waals surface area contributed by atoms with Crippen LogP contribution in [-0.2, 0) is 6.37 Å². The Kier molecular flexibility index (Phi) is 3.91. The zero-order valence-corrected chi connectivity index (χ0v) is 17.4. The molecule has 0 fully saturated rings. The molecule has 0 N–H and O–H groups in total. The summed E-state index contributed by atoms with van der Waals surface area (Å²) in [6.45, 7) is 5.77. The minimum Gasteiger partial charge on any atom is -0.455 e. The fourth-order valence-corrected chi connectivity index (χ4v) is 3.85. The lowest BCUT2D eigenvalue weighted by molar-refractivity contribution is 0.411. The van der Waals surface area contributed by atoms with Gasteiger partial charge in [0.1, 0.15) is 11.2 Å². The standard InChI is InChI=1S/C28H25NO/c1-28(2,3)17-19-11-13-20(14-12-19)21-15-16-25(29-18-21)24-9-6-8-23-22-7-4-5-10-26(22)30-27(23)24/h4-16,18H,17H2,1-3H3/i17D2. The zero-order chi connectivity index (χ0) is 22.5. The SMILES string of the molecule is [2H]C([2H])(c1ccc(-c2ccc(-c3cccc4c3oc3ccccc34)nc2)cc1)C(C)(C)C. The first-order valence-electron chi connectivity index (χ1n) is 11.2. The lowest BCUT2D eigenvalue weighted by atomic mass is 9.88. The summed E-state index contributed by atoms with van der Waals surface area (Å²) in [4.78, 5) is 4.72. The average Bonchev–Trinajstić information content (AvgIpc) is 3.17. The van der Waals surface area contributed by atoms with Crippen molar-refractivity contribution in [3.05, 3.63) is 90.6 Å². The molecule has 2 heterocycles. The molecule has 0 atom stereocenters. The molecule has 5 aromatic rings. The summed E-state index contributed by atoms with van der Waals surface area (Å²) in [6.07, 6.45) is 0.461. The predicted octanol–water partition coefficient (Wildman–Crippen LogP) is 7.90. The van der Waals surface area contributed by atoms with Crippen LogP contribution >= 0.6 is 0 Å². The highest BCUT2D eigenvalue weighted by Crippen LogP contribution is 2.35. The Bertz CT molecular complexity index is 1410. The number of hydrogen-bond donors (Lipinski definition) is 0. The molecule has 148 valence electrons. The van der Waals surface area contributed by atoms with E-state index >= 15 is 0 Å². The maximum absolute atomic E-state index is 8.47. The molecule has 0 aliphatic rings. The Hall–Kier alpha value is -3.39. The first-order valence-corrected chi connectivity index (χ1v) is 10.2. The van der Waals surface area contributed by atoms with E-state index in [2.05, 4.69) is 18.2 Å². The van der Waals surface area contributed by atoms with Crippen molar-refractivity contribution in [1.29, 1.82) is 0 Å². The first-order chi connectivity index (χ1) is 15.3. The molecule has 2 heteroatoms. The second kappa shape index (κ2) is 7.14. The summed E-state index contributed by atoms with van der Waals surface area (Å²) in [7, 11) is 0. The Labute approximate surface area is 180 Å². The molecular weight excluding hydrogens is 366 g/mol. The van der Waals surface area contributed by atoms with Gasteiger partial charge in [0.2, 0.25) is 0 Å².